The van der Waals surface area contributed by atoms with E-state index in [2.05, 4.69) is 10.2 Å². The van der Waals surface area contributed by atoms with Gasteiger partial charge in [0.2, 0.25) is 0 Å². The summed E-state index contributed by atoms with van der Waals surface area (Å²) >= 11 is 0. The third-order valence-electron chi connectivity index (χ3n) is 1.39. The highest BCUT2D eigenvalue weighted by molar-refractivity contribution is 5.85. The first-order chi connectivity index (χ1) is 7.30. The van der Waals surface area contributed by atoms with Crippen molar-refractivity contribution >= 4 is 12.0 Å². The number of aliphatic hydroxyl groups is 1. The molecule has 94 valence electrons. The zero-order valence-corrected chi connectivity index (χ0v) is 9.86. The quantitative estimate of drug-likeness (QED) is 0.572. The van der Waals surface area contributed by atoms with Crippen LogP contribution in [0.2, 0.25) is 0 Å². The lowest BCUT2D eigenvalue weighted by atomic mass is 10.2. The number of carbonyl (C=O) groups is 2. The van der Waals surface area contributed by atoms with E-state index in [0.717, 1.165) is 0 Å². The zero-order valence-electron chi connectivity index (χ0n) is 9.86. The molecule has 0 aliphatic rings. The molecule has 0 radical (unpaired) electrons. The van der Waals surface area contributed by atoms with Crippen molar-refractivity contribution in [3.05, 3.63) is 0 Å². The van der Waals surface area contributed by atoms with E-state index in [1.807, 2.05) is 5.48 Å². The smallest absolute Gasteiger partial charge is 0.408 e. The molecule has 0 spiro atoms. The molecule has 3 N–H and O–H groups in total. The van der Waals surface area contributed by atoms with E-state index in [-0.39, 0.29) is 0 Å². The molecule has 0 aromatic carbocycles. The van der Waals surface area contributed by atoms with Crippen molar-refractivity contribution in [2.75, 3.05) is 13.7 Å². The van der Waals surface area contributed by atoms with Gasteiger partial charge in [0.1, 0.15) is 11.6 Å². The standard InChI is InChI=1S/C9H18N2O5/c1-9(2,3)16-8(14)10-6(5-12)7(13)11-15-4/h6,12H,5H2,1-4H3,(H,10,14)(H,11,13). The van der Waals surface area contributed by atoms with Crippen LogP contribution in [0.4, 0.5) is 4.79 Å². The lowest BCUT2D eigenvalue weighted by molar-refractivity contribution is -0.134. The van der Waals surface area contributed by atoms with Gasteiger partial charge in [0, 0.05) is 0 Å². The molecule has 0 saturated carbocycles. The largest absolute Gasteiger partial charge is 0.444 e. The highest BCUT2D eigenvalue weighted by atomic mass is 16.6. The Balaban J connectivity index is 4.22. The lowest BCUT2D eigenvalue weighted by Crippen LogP contribution is -2.49. The van der Waals surface area contributed by atoms with Gasteiger partial charge in [-0.3, -0.25) is 9.63 Å². The first-order valence-electron chi connectivity index (χ1n) is 4.73. The van der Waals surface area contributed by atoms with Crippen LogP contribution in [0.3, 0.4) is 0 Å². The van der Waals surface area contributed by atoms with E-state index in [0.29, 0.717) is 0 Å². The van der Waals surface area contributed by atoms with Crippen LogP contribution in [-0.4, -0.2) is 42.5 Å². The molecule has 7 heteroatoms. The maximum absolute atomic E-state index is 11.3. The van der Waals surface area contributed by atoms with Gasteiger partial charge in [-0.25, -0.2) is 10.3 Å². The summed E-state index contributed by atoms with van der Waals surface area (Å²) < 4.78 is 4.92. The number of ether oxygens (including phenoxy) is 1. The first-order valence-corrected chi connectivity index (χ1v) is 4.73. The van der Waals surface area contributed by atoms with Crippen LogP contribution in [0, 0.1) is 0 Å². The van der Waals surface area contributed by atoms with Crippen molar-refractivity contribution in [1.82, 2.24) is 10.8 Å². The van der Waals surface area contributed by atoms with E-state index < -0.39 is 30.3 Å². The average Bonchev–Trinajstić information content (AvgIpc) is 2.11. The minimum Gasteiger partial charge on any atom is -0.444 e. The van der Waals surface area contributed by atoms with Crippen LogP contribution in [0.15, 0.2) is 0 Å². The Kier molecular flexibility index (Phi) is 5.76. The highest BCUT2D eigenvalue weighted by Gasteiger charge is 2.23. The zero-order chi connectivity index (χ0) is 12.8. The monoisotopic (exact) mass is 234 g/mol. The van der Waals surface area contributed by atoms with Gasteiger partial charge < -0.3 is 15.2 Å². The third kappa shape index (κ3) is 6.20. The van der Waals surface area contributed by atoms with Gasteiger partial charge >= 0.3 is 6.09 Å². The number of alkyl carbamates (subject to hydrolysis) is 1. The molecule has 1 atom stereocenters. The number of carbonyl (C=O) groups excluding carboxylic acids is 2. The summed E-state index contributed by atoms with van der Waals surface area (Å²) in [5.74, 6) is -0.657. The van der Waals surface area contributed by atoms with E-state index in [1.54, 1.807) is 20.8 Å². The van der Waals surface area contributed by atoms with Crippen LogP contribution >= 0.6 is 0 Å². The lowest BCUT2D eigenvalue weighted by Gasteiger charge is -2.22. The van der Waals surface area contributed by atoms with E-state index >= 15 is 0 Å². The minimum atomic E-state index is -1.10. The molecule has 1 unspecified atom stereocenters. The molecule has 16 heavy (non-hydrogen) atoms. The highest BCUT2D eigenvalue weighted by Crippen LogP contribution is 2.06. The van der Waals surface area contributed by atoms with Gasteiger partial charge in [-0.15, -0.1) is 0 Å². The molecule has 0 saturated heterocycles. The maximum Gasteiger partial charge on any atom is 0.408 e. The molecular weight excluding hydrogens is 216 g/mol. The molecule has 0 bridgehead atoms. The van der Waals surface area contributed by atoms with Crippen LogP contribution in [0.25, 0.3) is 0 Å². The normalized spacial score (nSPS) is 12.8. The maximum atomic E-state index is 11.3. The van der Waals surface area contributed by atoms with Crippen molar-refractivity contribution in [2.45, 2.75) is 32.4 Å². The number of rotatable bonds is 4. The summed E-state index contributed by atoms with van der Waals surface area (Å²) in [6, 6.07) is -1.10. The van der Waals surface area contributed by atoms with Gasteiger partial charge in [0.15, 0.2) is 0 Å². The van der Waals surface area contributed by atoms with Gasteiger partial charge in [-0.2, -0.15) is 0 Å². The molecule has 0 rings (SSSR count). The van der Waals surface area contributed by atoms with Crippen molar-refractivity contribution in [1.29, 1.82) is 0 Å². The molecule has 0 aromatic rings. The number of amides is 2. The van der Waals surface area contributed by atoms with Crippen molar-refractivity contribution in [3.63, 3.8) is 0 Å². The van der Waals surface area contributed by atoms with Crippen LogP contribution < -0.4 is 10.8 Å². The summed E-state index contributed by atoms with van der Waals surface area (Å²) in [6.45, 7) is 4.52. The van der Waals surface area contributed by atoms with Gasteiger partial charge in [-0.05, 0) is 20.8 Å². The Morgan fingerprint density at radius 1 is 1.38 bits per heavy atom. The molecule has 0 fully saturated rings. The van der Waals surface area contributed by atoms with Gasteiger partial charge in [-0.1, -0.05) is 0 Å². The van der Waals surface area contributed by atoms with Crippen molar-refractivity contribution < 1.29 is 24.3 Å². The van der Waals surface area contributed by atoms with Crippen molar-refractivity contribution in [2.24, 2.45) is 0 Å². The Hall–Kier alpha value is -1.34. The number of hydrogen-bond donors (Lipinski definition) is 3. The van der Waals surface area contributed by atoms with Crippen LogP contribution in [0.5, 0.6) is 0 Å². The minimum absolute atomic E-state index is 0.547. The Morgan fingerprint density at radius 2 is 1.94 bits per heavy atom. The second-order valence-corrected chi connectivity index (χ2v) is 4.05. The molecule has 2 amide bonds. The fourth-order valence-electron chi connectivity index (χ4n) is 0.816. The first kappa shape index (κ1) is 14.7. The Bertz CT molecular complexity index is 249. The summed E-state index contributed by atoms with van der Waals surface area (Å²) in [4.78, 5) is 26.8. The summed E-state index contributed by atoms with van der Waals surface area (Å²) in [6.07, 6.45) is -0.780. The van der Waals surface area contributed by atoms with Gasteiger partial charge in [0.25, 0.3) is 5.91 Å². The SMILES string of the molecule is CONC(=O)C(CO)NC(=O)OC(C)(C)C. The van der Waals surface area contributed by atoms with Crippen LogP contribution in [0.1, 0.15) is 20.8 Å². The predicted molar refractivity (Wildman–Crippen MR) is 55.4 cm³/mol. The number of aliphatic hydroxyl groups excluding tert-OH is 1. The van der Waals surface area contributed by atoms with Crippen molar-refractivity contribution in [3.8, 4) is 0 Å². The topological polar surface area (TPSA) is 96.9 Å². The second kappa shape index (κ2) is 6.29. The van der Waals surface area contributed by atoms with E-state index in [1.165, 1.54) is 7.11 Å². The summed E-state index contributed by atoms with van der Waals surface area (Å²) in [5.41, 5.74) is 1.33. The molecule has 0 heterocycles. The molecule has 0 aromatic heterocycles. The Labute approximate surface area is 94.1 Å². The predicted octanol–water partition coefficient (Wildman–Crippen LogP) is -0.450. The fraction of sp³-hybridized carbons (Fsp3) is 0.778. The molecular formula is C9H18N2O5. The molecule has 7 nitrogen and oxygen atoms in total. The summed E-state index contributed by atoms with van der Waals surface area (Å²) in [7, 11) is 1.25. The number of hydroxylamine groups is 1. The third-order valence-corrected chi connectivity index (χ3v) is 1.39. The van der Waals surface area contributed by atoms with Gasteiger partial charge in [0.05, 0.1) is 13.7 Å². The van der Waals surface area contributed by atoms with Crippen LogP contribution in [-0.2, 0) is 14.4 Å². The van der Waals surface area contributed by atoms with E-state index in [4.69, 9.17) is 9.84 Å². The summed E-state index contributed by atoms with van der Waals surface area (Å²) in [5, 5.41) is 11.1. The second-order valence-electron chi connectivity index (χ2n) is 4.05. The number of hydrogen-bond acceptors (Lipinski definition) is 5. The molecule has 0 aliphatic carbocycles. The fourth-order valence-corrected chi connectivity index (χ4v) is 0.816. The average molecular weight is 234 g/mol. The molecule has 0 aliphatic heterocycles. The van der Waals surface area contributed by atoms with E-state index in [9.17, 15) is 9.59 Å². The Morgan fingerprint density at radius 3 is 2.31 bits per heavy atom. The number of nitrogens with one attached hydrogen (secondary N) is 2.